The highest BCUT2D eigenvalue weighted by molar-refractivity contribution is 7.16. The van der Waals surface area contributed by atoms with Crippen LogP contribution in [0.2, 0.25) is 0 Å². The fourth-order valence-electron chi connectivity index (χ4n) is 7.24. The maximum Gasteiger partial charge on any atom is 0.346 e. The molecule has 0 spiro atoms. The Morgan fingerprint density at radius 1 is 0.515 bits per heavy atom. The van der Waals surface area contributed by atoms with E-state index in [4.69, 9.17) is 16.0 Å². The van der Waals surface area contributed by atoms with Crippen molar-refractivity contribution >= 4 is 80.9 Å². The highest BCUT2D eigenvalue weighted by Crippen LogP contribution is 2.41. The lowest BCUT2D eigenvalue weighted by Gasteiger charge is -2.26. The molecule has 0 aliphatic carbocycles. The fraction of sp³-hybridized carbons (Fsp3) is 0.0370. The first-order valence-corrected chi connectivity index (χ1v) is 21.9. The molecule has 0 atom stereocenters. The molecule has 8 rings (SSSR count). The van der Waals surface area contributed by atoms with Crippen molar-refractivity contribution in [2.45, 2.75) is 0 Å². The average Bonchev–Trinajstić information content (AvgIpc) is 4.04. The van der Waals surface area contributed by atoms with E-state index in [0.717, 1.165) is 77.6 Å². The van der Waals surface area contributed by atoms with Crippen LogP contribution < -0.4 is 19.3 Å². The van der Waals surface area contributed by atoms with E-state index < -0.39 is 11.9 Å². The third kappa shape index (κ3) is 9.76. The maximum atomic E-state index is 11.4. The van der Waals surface area contributed by atoms with Gasteiger partial charge in [0.05, 0.1) is 20.8 Å². The van der Waals surface area contributed by atoms with E-state index in [2.05, 4.69) is 63.2 Å². The van der Waals surface area contributed by atoms with Crippen LogP contribution >= 0.6 is 22.7 Å². The van der Waals surface area contributed by atoms with Crippen molar-refractivity contribution in [3.05, 3.63) is 202 Å². The van der Waals surface area contributed by atoms with E-state index >= 15 is 0 Å². The minimum Gasteiger partial charge on any atom is -0.497 e. The molecule has 0 radical (unpaired) electrons. The smallest absolute Gasteiger partial charge is 0.346 e. The molecule has 12 heteroatoms. The standard InChI is InChI=1S/C54H38N4O6S2/c1-56-50(54(61)62)33-49-29-31-52(66-49)38-10-18-43(19-11-38)57(42-16-8-37(9-17-42)51-30-28-48(65-51)32-39(34-55)53(59)60)40-12-4-35(5-13-40)36-6-14-41(15-7-36)58(44-20-24-46(63-2)25-21-44)45-22-26-47(64-3)27-23-45/h4-33H,2-3H3,(H,59,60)(H,61,62)/b39-32+,50-33-. The molecule has 0 saturated carbocycles. The summed E-state index contributed by atoms with van der Waals surface area (Å²) in [6.07, 6.45) is 2.76. The predicted molar refractivity (Wildman–Crippen MR) is 264 cm³/mol. The van der Waals surface area contributed by atoms with E-state index in [1.807, 2.05) is 115 Å². The first-order chi connectivity index (χ1) is 32.1. The Morgan fingerprint density at radius 3 is 1.15 bits per heavy atom. The SMILES string of the molecule is [C-]#[N+]/C(=C\c1ccc(-c2ccc(N(c3ccc(-c4ccc(N(c5ccc(OC)cc5)c5ccc(OC)cc5)cc4)cc3)c3ccc(-c4ccc(/C=C(\C#N)C(=O)O)s4)cc3)cc2)s1)C(=O)O. The van der Waals surface area contributed by atoms with E-state index in [1.165, 1.54) is 34.8 Å². The van der Waals surface area contributed by atoms with Crippen molar-refractivity contribution in [3.63, 3.8) is 0 Å². The second-order valence-corrected chi connectivity index (χ2v) is 16.8. The number of benzene rings is 6. The molecular weight excluding hydrogens is 865 g/mol. The zero-order chi connectivity index (χ0) is 46.2. The van der Waals surface area contributed by atoms with Crippen LogP contribution in [0.5, 0.6) is 11.5 Å². The molecule has 0 fully saturated rings. The van der Waals surface area contributed by atoms with Crippen molar-refractivity contribution in [1.82, 2.24) is 0 Å². The van der Waals surface area contributed by atoms with Gasteiger partial charge in [0.25, 0.3) is 5.70 Å². The summed E-state index contributed by atoms with van der Waals surface area (Å²) >= 11 is 2.81. The van der Waals surface area contributed by atoms with Gasteiger partial charge in [0.2, 0.25) is 0 Å². The van der Waals surface area contributed by atoms with E-state index in [1.54, 1.807) is 26.4 Å². The molecule has 2 N–H and O–H groups in total. The highest BCUT2D eigenvalue weighted by Gasteiger charge is 2.17. The Balaban J connectivity index is 1.10. The van der Waals surface area contributed by atoms with Gasteiger partial charge in [-0.15, -0.1) is 22.7 Å². The van der Waals surface area contributed by atoms with Crippen LogP contribution in [0.1, 0.15) is 9.75 Å². The number of nitriles is 1. The number of hydrogen-bond acceptors (Lipinski definition) is 9. The van der Waals surface area contributed by atoms with Crippen molar-refractivity contribution in [2.24, 2.45) is 0 Å². The number of carbonyl (C=O) groups is 2. The number of aliphatic carboxylic acids is 2. The van der Waals surface area contributed by atoms with Crippen molar-refractivity contribution in [2.75, 3.05) is 24.0 Å². The number of carboxylic acids is 2. The Morgan fingerprint density at radius 2 is 0.848 bits per heavy atom. The normalized spacial score (nSPS) is 11.3. The van der Waals surface area contributed by atoms with Gasteiger partial charge in [0.15, 0.2) is 0 Å². The number of rotatable bonds is 15. The van der Waals surface area contributed by atoms with Crippen LogP contribution in [0.3, 0.4) is 0 Å². The van der Waals surface area contributed by atoms with Crippen LogP contribution in [-0.4, -0.2) is 36.4 Å². The molecule has 8 aromatic rings. The molecule has 6 aromatic carbocycles. The minimum absolute atomic E-state index is 0.326. The van der Waals surface area contributed by atoms with Gasteiger partial charge >= 0.3 is 11.9 Å². The molecule has 0 aliphatic heterocycles. The second kappa shape index (κ2) is 19.8. The summed E-state index contributed by atoms with van der Waals surface area (Å²) in [6.45, 7) is 7.20. The number of nitrogens with zero attached hydrogens (tertiary/aromatic N) is 4. The number of hydrogen-bond donors (Lipinski definition) is 2. The van der Waals surface area contributed by atoms with E-state index in [-0.39, 0.29) is 11.3 Å². The van der Waals surface area contributed by atoms with Crippen LogP contribution in [0.15, 0.2) is 181 Å². The summed E-state index contributed by atoms with van der Waals surface area (Å²) in [6, 6.07) is 58.2. The summed E-state index contributed by atoms with van der Waals surface area (Å²) in [5.74, 6) is -0.979. The molecule has 0 amide bonds. The lowest BCUT2D eigenvalue weighted by atomic mass is 10.0. The molecule has 0 aliphatic rings. The van der Waals surface area contributed by atoms with Gasteiger partial charge in [-0.05, 0) is 156 Å². The molecule has 322 valence electrons. The summed E-state index contributed by atoms with van der Waals surface area (Å²) in [5.41, 5.74) is 8.96. The van der Waals surface area contributed by atoms with Crippen molar-refractivity contribution in [1.29, 1.82) is 5.26 Å². The fourth-order valence-corrected chi connectivity index (χ4v) is 9.15. The molecule has 66 heavy (non-hydrogen) atoms. The zero-order valence-electron chi connectivity index (χ0n) is 35.5. The largest absolute Gasteiger partial charge is 0.497 e. The van der Waals surface area contributed by atoms with Gasteiger partial charge in [-0.25, -0.2) is 9.64 Å². The molecule has 10 nitrogen and oxygen atoms in total. The maximum absolute atomic E-state index is 11.4. The number of anilines is 6. The number of ether oxygens (including phenoxy) is 2. The third-order valence-electron chi connectivity index (χ3n) is 10.6. The monoisotopic (exact) mass is 902 g/mol. The van der Waals surface area contributed by atoms with Gasteiger partial charge in [-0.2, -0.15) is 5.26 Å². The van der Waals surface area contributed by atoms with Gasteiger partial charge in [0.1, 0.15) is 23.1 Å². The van der Waals surface area contributed by atoms with Gasteiger partial charge in [-0.3, -0.25) is 4.79 Å². The summed E-state index contributed by atoms with van der Waals surface area (Å²) < 4.78 is 10.9. The van der Waals surface area contributed by atoms with Gasteiger partial charge < -0.3 is 29.5 Å². The van der Waals surface area contributed by atoms with E-state index in [0.29, 0.717) is 9.75 Å². The number of thiophene rings is 2. The Hall–Kier alpha value is -8.68. The molecular formula is C54H38N4O6S2. The third-order valence-corrected chi connectivity index (χ3v) is 12.7. The molecule has 0 saturated heterocycles. The zero-order valence-corrected chi connectivity index (χ0v) is 37.1. The molecule has 2 heterocycles. The summed E-state index contributed by atoms with van der Waals surface area (Å²) in [5, 5.41) is 27.9. The second-order valence-electron chi connectivity index (χ2n) is 14.6. The average molecular weight is 903 g/mol. The summed E-state index contributed by atoms with van der Waals surface area (Å²) in [7, 11) is 3.31. The first kappa shape index (κ1) is 43.9. The molecule has 0 bridgehead atoms. The van der Waals surface area contributed by atoms with Crippen LogP contribution in [-0.2, 0) is 9.59 Å². The summed E-state index contributed by atoms with van der Waals surface area (Å²) in [4.78, 5) is 33.5. The Bertz CT molecular complexity index is 2990. The van der Waals surface area contributed by atoms with Gasteiger partial charge in [0, 0.05) is 53.6 Å². The highest BCUT2D eigenvalue weighted by atomic mass is 32.1. The lowest BCUT2D eigenvalue weighted by Crippen LogP contribution is -2.10. The van der Waals surface area contributed by atoms with Crippen LogP contribution in [0, 0.1) is 17.9 Å². The van der Waals surface area contributed by atoms with Crippen LogP contribution in [0.4, 0.5) is 34.1 Å². The minimum atomic E-state index is -1.27. The lowest BCUT2D eigenvalue weighted by molar-refractivity contribution is -0.133. The van der Waals surface area contributed by atoms with Gasteiger partial charge in [-0.1, -0.05) is 48.5 Å². The molecule has 2 aromatic heterocycles. The molecule has 0 unspecified atom stereocenters. The van der Waals surface area contributed by atoms with Crippen LogP contribution in [0.25, 0.3) is 49.0 Å². The topological polar surface area (TPSA) is 128 Å². The van der Waals surface area contributed by atoms with Crippen molar-refractivity contribution in [3.8, 4) is 49.6 Å². The number of carboxylic acid groups (broad SMARTS) is 2. The first-order valence-electron chi connectivity index (χ1n) is 20.3. The predicted octanol–water partition coefficient (Wildman–Crippen LogP) is 14.1. The van der Waals surface area contributed by atoms with Crippen molar-refractivity contribution < 1.29 is 29.3 Å². The Labute approximate surface area is 389 Å². The quantitative estimate of drug-likeness (QED) is 0.0587. The Kier molecular flexibility index (Phi) is 13.2. The van der Waals surface area contributed by atoms with E-state index in [9.17, 15) is 25.1 Å². The number of methoxy groups -OCH3 is 2.